The van der Waals surface area contributed by atoms with E-state index in [0.717, 1.165) is 22.6 Å². The molecule has 0 aliphatic carbocycles. The quantitative estimate of drug-likeness (QED) is 0.512. The summed E-state index contributed by atoms with van der Waals surface area (Å²) in [6, 6.07) is 27.2. The van der Waals surface area contributed by atoms with Crippen LogP contribution < -0.4 is 9.64 Å². The molecule has 3 aromatic carbocycles. The number of esters is 1. The largest absolute Gasteiger partial charge is 0.489 e. The van der Waals surface area contributed by atoms with Crippen LogP contribution in [0.1, 0.15) is 17.5 Å². The minimum absolute atomic E-state index is 0.0667. The molecule has 1 atom stereocenters. The maximum Gasteiger partial charge on any atom is 0.311 e. The van der Waals surface area contributed by atoms with Gasteiger partial charge < -0.3 is 14.4 Å². The van der Waals surface area contributed by atoms with E-state index < -0.39 is 5.92 Å². The lowest BCUT2D eigenvalue weighted by Gasteiger charge is -2.17. The molecule has 4 rings (SSSR count). The molecule has 3 aromatic rings. The second-order valence-electron chi connectivity index (χ2n) is 7.58. The van der Waals surface area contributed by atoms with Crippen molar-refractivity contribution in [2.75, 3.05) is 18.1 Å². The maximum atomic E-state index is 12.5. The number of ether oxygens (including phenoxy) is 2. The molecule has 1 amide bonds. The highest BCUT2D eigenvalue weighted by Crippen LogP contribution is 2.27. The van der Waals surface area contributed by atoms with E-state index in [0.29, 0.717) is 26.2 Å². The highest BCUT2D eigenvalue weighted by molar-refractivity contribution is 5.99. The number of rotatable bonds is 8. The van der Waals surface area contributed by atoms with Gasteiger partial charge in [0.1, 0.15) is 12.4 Å². The van der Waals surface area contributed by atoms with Gasteiger partial charge in [0.25, 0.3) is 0 Å². The summed E-state index contributed by atoms with van der Waals surface area (Å²) in [6.45, 7) is 1.15. The van der Waals surface area contributed by atoms with E-state index in [1.165, 1.54) is 0 Å². The number of amides is 1. The number of benzene rings is 3. The molecule has 1 heterocycles. The van der Waals surface area contributed by atoms with Crippen LogP contribution in [0.15, 0.2) is 84.9 Å². The Labute approximate surface area is 182 Å². The Kier molecular flexibility index (Phi) is 6.62. The molecule has 0 unspecified atom stereocenters. The molecule has 1 aliphatic heterocycles. The monoisotopic (exact) mass is 415 g/mol. The molecule has 0 spiro atoms. The molecule has 5 nitrogen and oxygen atoms in total. The summed E-state index contributed by atoms with van der Waals surface area (Å²) >= 11 is 0. The minimum Gasteiger partial charge on any atom is -0.489 e. The van der Waals surface area contributed by atoms with Crippen molar-refractivity contribution < 1.29 is 19.1 Å². The second kappa shape index (κ2) is 9.94. The third-order valence-corrected chi connectivity index (χ3v) is 5.33. The summed E-state index contributed by atoms with van der Waals surface area (Å²) in [5, 5.41) is 0. The fraction of sp³-hybridized carbons (Fsp3) is 0.231. The normalized spacial score (nSPS) is 15.7. The van der Waals surface area contributed by atoms with Crippen LogP contribution >= 0.6 is 0 Å². The first-order valence-electron chi connectivity index (χ1n) is 10.5. The van der Waals surface area contributed by atoms with Gasteiger partial charge in [0.05, 0.1) is 12.5 Å². The van der Waals surface area contributed by atoms with Gasteiger partial charge in [0.2, 0.25) is 5.91 Å². The fourth-order valence-corrected chi connectivity index (χ4v) is 3.61. The van der Waals surface area contributed by atoms with Crippen LogP contribution in [0.4, 0.5) is 5.69 Å². The zero-order valence-electron chi connectivity index (χ0n) is 17.3. The van der Waals surface area contributed by atoms with Crippen molar-refractivity contribution in [1.29, 1.82) is 0 Å². The Morgan fingerprint density at radius 3 is 2.19 bits per heavy atom. The molecule has 1 fully saturated rings. The highest BCUT2D eigenvalue weighted by atomic mass is 16.5. The van der Waals surface area contributed by atoms with E-state index in [9.17, 15) is 9.59 Å². The van der Waals surface area contributed by atoms with Crippen LogP contribution in [-0.2, 0) is 27.4 Å². The molecular weight excluding hydrogens is 390 g/mol. The van der Waals surface area contributed by atoms with Crippen molar-refractivity contribution >= 4 is 17.6 Å². The molecule has 5 heteroatoms. The maximum absolute atomic E-state index is 12.5. The Balaban J connectivity index is 1.27. The average molecular weight is 415 g/mol. The van der Waals surface area contributed by atoms with Crippen LogP contribution in [0.3, 0.4) is 0 Å². The molecule has 0 bridgehead atoms. The van der Waals surface area contributed by atoms with Gasteiger partial charge in [-0.1, -0.05) is 60.7 Å². The van der Waals surface area contributed by atoms with Gasteiger partial charge in [-0.3, -0.25) is 9.59 Å². The predicted octanol–water partition coefficient (Wildman–Crippen LogP) is 4.40. The fourth-order valence-electron chi connectivity index (χ4n) is 3.61. The van der Waals surface area contributed by atoms with Gasteiger partial charge in [-0.25, -0.2) is 0 Å². The van der Waals surface area contributed by atoms with E-state index in [2.05, 4.69) is 0 Å². The lowest BCUT2D eigenvalue weighted by Crippen LogP contribution is -2.26. The molecule has 158 valence electrons. The first-order valence-corrected chi connectivity index (χ1v) is 10.5. The Morgan fingerprint density at radius 1 is 0.871 bits per heavy atom. The van der Waals surface area contributed by atoms with Gasteiger partial charge in [0, 0.05) is 25.1 Å². The van der Waals surface area contributed by atoms with Crippen molar-refractivity contribution in [3.05, 3.63) is 96.1 Å². The number of carbonyl (C=O) groups excluding carboxylic acids is 2. The summed E-state index contributed by atoms with van der Waals surface area (Å²) in [5.74, 6) is -0.0778. The Morgan fingerprint density at radius 2 is 1.52 bits per heavy atom. The summed E-state index contributed by atoms with van der Waals surface area (Å²) in [7, 11) is 0. The van der Waals surface area contributed by atoms with Gasteiger partial charge in [-0.05, 0) is 35.4 Å². The van der Waals surface area contributed by atoms with E-state index in [4.69, 9.17) is 9.47 Å². The van der Waals surface area contributed by atoms with Gasteiger partial charge in [-0.15, -0.1) is 0 Å². The molecule has 0 saturated carbocycles. The number of carbonyl (C=O) groups is 2. The summed E-state index contributed by atoms with van der Waals surface area (Å²) in [5.41, 5.74) is 2.97. The molecule has 1 aliphatic rings. The van der Waals surface area contributed by atoms with E-state index in [1.54, 1.807) is 4.90 Å². The second-order valence-corrected chi connectivity index (χ2v) is 7.58. The van der Waals surface area contributed by atoms with Gasteiger partial charge in [-0.2, -0.15) is 0 Å². The summed E-state index contributed by atoms with van der Waals surface area (Å²) in [6.07, 6.45) is 0.845. The zero-order valence-corrected chi connectivity index (χ0v) is 17.3. The van der Waals surface area contributed by atoms with Crippen LogP contribution in [0.5, 0.6) is 5.75 Å². The molecule has 0 aromatic heterocycles. The Hall–Kier alpha value is -3.60. The van der Waals surface area contributed by atoms with E-state index in [-0.39, 0.29) is 18.3 Å². The highest BCUT2D eigenvalue weighted by Gasteiger charge is 2.36. The van der Waals surface area contributed by atoms with Crippen LogP contribution in [0.25, 0.3) is 0 Å². The summed E-state index contributed by atoms with van der Waals surface area (Å²) in [4.78, 5) is 26.5. The number of hydrogen-bond donors (Lipinski definition) is 0. The van der Waals surface area contributed by atoms with Crippen molar-refractivity contribution in [1.82, 2.24) is 0 Å². The third-order valence-electron chi connectivity index (χ3n) is 5.33. The van der Waals surface area contributed by atoms with Crippen molar-refractivity contribution in [3.63, 3.8) is 0 Å². The molecular formula is C26H25NO4. The topological polar surface area (TPSA) is 55.8 Å². The van der Waals surface area contributed by atoms with Crippen LogP contribution in [0, 0.1) is 5.92 Å². The van der Waals surface area contributed by atoms with Crippen LogP contribution in [-0.4, -0.2) is 25.0 Å². The molecule has 0 N–H and O–H groups in total. The zero-order chi connectivity index (χ0) is 21.5. The van der Waals surface area contributed by atoms with Crippen molar-refractivity contribution in [3.8, 4) is 5.75 Å². The van der Waals surface area contributed by atoms with Crippen molar-refractivity contribution in [2.24, 2.45) is 5.92 Å². The predicted molar refractivity (Wildman–Crippen MR) is 119 cm³/mol. The third kappa shape index (κ3) is 5.51. The van der Waals surface area contributed by atoms with E-state index in [1.807, 2.05) is 84.9 Å². The number of anilines is 1. The van der Waals surface area contributed by atoms with Crippen LogP contribution in [0.2, 0.25) is 0 Å². The van der Waals surface area contributed by atoms with E-state index >= 15 is 0 Å². The van der Waals surface area contributed by atoms with Crippen molar-refractivity contribution in [2.45, 2.75) is 19.4 Å². The molecule has 31 heavy (non-hydrogen) atoms. The molecule has 0 radical (unpaired) electrons. The first-order chi connectivity index (χ1) is 15.2. The van der Waals surface area contributed by atoms with Gasteiger partial charge >= 0.3 is 5.97 Å². The average Bonchev–Trinajstić information content (AvgIpc) is 3.21. The lowest BCUT2D eigenvalue weighted by atomic mass is 10.1. The Bertz CT molecular complexity index is 1000. The lowest BCUT2D eigenvalue weighted by molar-refractivity contribution is -0.148. The standard InChI is InChI=1S/C26H25NO4/c28-25-17-22(26(29)30-16-15-20-7-3-1-4-8-20)18-27(25)23-11-13-24(14-12-23)31-19-21-9-5-2-6-10-21/h1-14,22H,15-19H2/t22-/m1/s1. The minimum atomic E-state index is -0.433. The SMILES string of the molecule is O=C(OCCc1ccccc1)[C@@H]1CC(=O)N(c2ccc(OCc3ccccc3)cc2)C1. The number of hydrogen-bond acceptors (Lipinski definition) is 4. The number of nitrogens with zero attached hydrogens (tertiary/aromatic N) is 1. The smallest absolute Gasteiger partial charge is 0.311 e. The first kappa shape index (κ1) is 20.7. The van der Waals surface area contributed by atoms with Gasteiger partial charge in [0.15, 0.2) is 0 Å². The summed E-state index contributed by atoms with van der Waals surface area (Å²) < 4.78 is 11.2. The molecule has 1 saturated heterocycles.